The monoisotopic (exact) mass is 1070 g/mol. The van der Waals surface area contributed by atoms with Gasteiger partial charge in [0.15, 0.2) is 0 Å². The molecule has 0 bridgehead atoms. The van der Waals surface area contributed by atoms with E-state index in [0.717, 1.165) is 106 Å². The third-order valence-corrected chi connectivity index (χ3v) is 13.7. The Balaban J connectivity index is 0.00000505. The van der Waals surface area contributed by atoms with Gasteiger partial charge in [-0.3, -0.25) is 0 Å². The van der Waals surface area contributed by atoms with Crippen LogP contribution in [-0.2, 0) is 26.5 Å². The quantitative estimate of drug-likeness (QED) is 0.0803. The standard InChI is InChI=1S/C65H42N4.Pt/c1-5-21-46(22-6-1)54-34-20-35-55(47-23-7-2-8-24-47)63(54)68-45-67(60-41-38-48-25-13-14-32-56(48)64(60)68)53-31-19-30-51(43-53)65(49-26-9-3-10-27-49,50-28-11-4-12-29-50)52-39-40-58-57-33-15-16-36-59(57)69(61(58)44-52)62-37-17-18-42-66-62;/h1-42H;/q;+2. The summed E-state index contributed by atoms with van der Waals surface area (Å²) in [5, 5.41) is 4.56. The van der Waals surface area contributed by atoms with E-state index in [-0.39, 0.29) is 21.1 Å². The molecule has 1 aliphatic rings. The summed E-state index contributed by atoms with van der Waals surface area (Å²) in [4.78, 5) is 4.87. The first-order valence-electron chi connectivity index (χ1n) is 23.4. The van der Waals surface area contributed by atoms with Gasteiger partial charge < -0.3 is 4.57 Å². The molecule has 330 valence electrons. The Morgan fingerprint density at radius 2 is 1.01 bits per heavy atom. The van der Waals surface area contributed by atoms with Gasteiger partial charge in [-0.1, -0.05) is 186 Å². The van der Waals surface area contributed by atoms with Crippen LogP contribution >= 0.6 is 0 Å². The first kappa shape index (κ1) is 42.8. The minimum atomic E-state index is -0.857. The van der Waals surface area contributed by atoms with Gasteiger partial charge in [-0.05, 0) is 80.1 Å². The number of nitrogens with zero attached hydrogens (tertiary/aromatic N) is 4. The van der Waals surface area contributed by atoms with E-state index in [0.29, 0.717) is 0 Å². The summed E-state index contributed by atoms with van der Waals surface area (Å²) in [5.41, 5.74) is 13.9. The second-order valence-corrected chi connectivity index (χ2v) is 17.5. The van der Waals surface area contributed by atoms with Crippen molar-refractivity contribution in [2.45, 2.75) is 5.41 Å². The third kappa shape index (κ3) is 6.92. The van der Waals surface area contributed by atoms with Gasteiger partial charge in [-0.2, -0.15) is 30.3 Å². The summed E-state index contributed by atoms with van der Waals surface area (Å²) < 4.78 is 6.74. The minimum Gasteiger partial charge on any atom is -0.319 e. The minimum absolute atomic E-state index is 0. The van der Waals surface area contributed by atoms with Crippen molar-refractivity contribution in [2.24, 2.45) is 0 Å². The molecule has 0 spiro atoms. The van der Waals surface area contributed by atoms with Gasteiger partial charge in [-0.25, -0.2) is 4.98 Å². The molecule has 0 radical (unpaired) electrons. The van der Waals surface area contributed by atoms with Crippen molar-refractivity contribution >= 4 is 61.3 Å². The Bertz CT molecular complexity index is 3880. The molecule has 0 saturated carbocycles. The van der Waals surface area contributed by atoms with Gasteiger partial charge in [0, 0.05) is 23.2 Å². The molecule has 4 nitrogen and oxygen atoms in total. The number of hydrogen-bond donors (Lipinski definition) is 0. The SMILES string of the molecule is C1=[N+](c2[c-]c(C(c3[c-]c4c(cc3)c3ccccc3n4-c3ccccn3)(c3ccccc3)c3ccccc3)ccc2)c2ccc3ccccc3c2[N+]=1c1c(-c2ccccc2)cccc1-c1ccccc1.[Pt+2]. The summed E-state index contributed by atoms with van der Waals surface area (Å²) in [6.45, 7) is 0. The molecule has 13 rings (SSSR count). The molecule has 0 N–H and O–H groups in total. The molecule has 5 heteroatoms. The zero-order valence-corrected chi connectivity index (χ0v) is 40.1. The van der Waals surface area contributed by atoms with Gasteiger partial charge in [0.1, 0.15) is 11.5 Å². The average Bonchev–Trinajstić information content (AvgIpc) is 3.99. The van der Waals surface area contributed by atoms with Gasteiger partial charge in [0.05, 0.1) is 16.5 Å². The Labute approximate surface area is 421 Å². The van der Waals surface area contributed by atoms with Crippen LogP contribution in [0.4, 0.5) is 22.7 Å². The molecule has 70 heavy (non-hydrogen) atoms. The molecule has 2 aromatic heterocycles. The maximum absolute atomic E-state index is 4.87. The second kappa shape index (κ2) is 17.9. The van der Waals surface area contributed by atoms with Crippen molar-refractivity contribution < 1.29 is 21.1 Å². The van der Waals surface area contributed by atoms with Crippen molar-refractivity contribution in [1.82, 2.24) is 18.7 Å². The largest absolute Gasteiger partial charge is 2.00 e. The van der Waals surface area contributed by atoms with Crippen LogP contribution in [0, 0.1) is 12.1 Å². The number of aromatic nitrogens is 2. The third-order valence-electron chi connectivity index (χ3n) is 13.7. The van der Waals surface area contributed by atoms with Crippen molar-refractivity contribution in [3.8, 4) is 28.1 Å². The van der Waals surface area contributed by atoms with Gasteiger partial charge in [0.25, 0.3) is 5.69 Å². The van der Waals surface area contributed by atoms with Crippen LogP contribution in [0.3, 0.4) is 0 Å². The molecule has 0 saturated heterocycles. The maximum atomic E-state index is 4.87. The first-order valence-corrected chi connectivity index (χ1v) is 23.4. The second-order valence-electron chi connectivity index (χ2n) is 17.5. The molecule has 3 heterocycles. The van der Waals surface area contributed by atoms with E-state index in [1.807, 2.05) is 18.3 Å². The fourth-order valence-electron chi connectivity index (χ4n) is 10.6. The van der Waals surface area contributed by atoms with Crippen LogP contribution in [0.1, 0.15) is 22.3 Å². The van der Waals surface area contributed by atoms with Crippen molar-refractivity contribution in [2.75, 3.05) is 0 Å². The van der Waals surface area contributed by atoms with E-state index in [1.165, 1.54) is 0 Å². The van der Waals surface area contributed by atoms with E-state index < -0.39 is 5.41 Å². The van der Waals surface area contributed by atoms with Crippen molar-refractivity contribution in [3.05, 3.63) is 289 Å². The number of para-hydroxylation sites is 2. The number of hydrogen-bond acceptors (Lipinski definition) is 1. The molecule has 0 atom stereocenters. The normalized spacial score (nSPS) is 12.1. The summed E-state index contributed by atoms with van der Waals surface area (Å²) in [5.74, 6) is 0.843. The molecule has 0 aliphatic carbocycles. The van der Waals surface area contributed by atoms with E-state index in [1.54, 1.807) is 0 Å². The molecule has 0 unspecified atom stereocenters. The van der Waals surface area contributed by atoms with E-state index in [4.69, 9.17) is 4.98 Å². The van der Waals surface area contributed by atoms with E-state index >= 15 is 0 Å². The predicted molar refractivity (Wildman–Crippen MR) is 284 cm³/mol. The Morgan fingerprint density at radius 3 is 1.69 bits per heavy atom. The number of pyridine rings is 1. The smallest absolute Gasteiger partial charge is 0.319 e. The van der Waals surface area contributed by atoms with Crippen LogP contribution in [-0.4, -0.2) is 15.6 Å². The molecule has 12 aromatic rings. The van der Waals surface area contributed by atoms with Crippen LogP contribution in [0.15, 0.2) is 255 Å². The van der Waals surface area contributed by atoms with Crippen molar-refractivity contribution in [1.29, 1.82) is 0 Å². The number of rotatable bonds is 9. The molecule has 1 aliphatic heterocycles. The van der Waals surface area contributed by atoms with Gasteiger partial charge in [0.2, 0.25) is 5.69 Å². The van der Waals surface area contributed by atoms with Crippen LogP contribution in [0.2, 0.25) is 0 Å². The van der Waals surface area contributed by atoms with Crippen molar-refractivity contribution in [3.63, 3.8) is 0 Å². The molecular weight excluding hydrogens is 1030 g/mol. The molecule has 0 amide bonds. The average molecular weight is 1070 g/mol. The Hall–Kier alpha value is -8.52. The van der Waals surface area contributed by atoms with Gasteiger partial charge in [-0.15, -0.1) is 22.6 Å². The van der Waals surface area contributed by atoms with Crippen LogP contribution in [0.5, 0.6) is 0 Å². The molecular formula is C65H42N4Pt+2. The summed E-state index contributed by atoms with van der Waals surface area (Å²) in [6.07, 6.45) is 1.86. The zero-order valence-electron chi connectivity index (χ0n) is 37.9. The topological polar surface area (TPSA) is 23.8 Å². The van der Waals surface area contributed by atoms with Crippen LogP contribution in [0.25, 0.3) is 60.6 Å². The van der Waals surface area contributed by atoms with Gasteiger partial charge >= 0.3 is 32.8 Å². The fraction of sp³-hybridized carbons (Fsp3) is 0.0154. The number of benzene rings is 10. The summed E-state index contributed by atoms with van der Waals surface area (Å²) in [7, 11) is 0. The summed E-state index contributed by atoms with van der Waals surface area (Å²) >= 11 is 0. The first-order chi connectivity index (χ1) is 34.3. The van der Waals surface area contributed by atoms with Crippen LogP contribution < -0.4 is 9.15 Å². The Kier molecular flexibility index (Phi) is 10.9. The molecule has 10 aromatic carbocycles. The summed E-state index contributed by atoms with van der Waals surface area (Å²) in [6, 6.07) is 101. The molecule has 0 fully saturated rings. The predicted octanol–water partition coefficient (Wildman–Crippen LogP) is 15.5. The maximum Gasteiger partial charge on any atom is 2.00 e. The Morgan fingerprint density at radius 1 is 0.429 bits per heavy atom. The number of fused-ring (bicyclic) bond motifs is 6. The zero-order chi connectivity index (χ0) is 45.7. The van der Waals surface area contributed by atoms with E-state index in [2.05, 4.69) is 268 Å². The van der Waals surface area contributed by atoms with E-state index in [9.17, 15) is 0 Å². The fourth-order valence-corrected chi connectivity index (χ4v) is 10.6.